The molecule has 1 rings (SSSR count). The molecule has 0 saturated heterocycles. The Kier molecular flexibility index (Phi) is 5.05. The molecule has 1 aromatic carbocycles. The topological polar surface area (TPSA) is 46.2 Å². The standard InChI is InChI=1S/C11H10ClF5NO2P/c1-21(2,20)10(11(15,16)17)18-9(19)5-3-8(14)6(12)4-7(5)13/h3-4,10H,1-2H3,(H,18,19)/t10-/m1/s1. The van der Waals surface area contributed by atoms with Crippen LogP contribution >= 0.6 is 18.7 Å². The molecule has 0 aliphatic heterocycles. The number of amides is 1. The van der Waals surface area contributed by atoms with Crippen molar-refractivity contribution in [2.75, 3.05) is 13.3 Å². The fourth-order valence-corrected chi connectivity index (χ4v) is 2.77. The molecule has 0 aliphatic rings. The molecule has 0 aromatic heterocycles. The predicted octanol–water partition coefficient (Wildman–Crippen LogP) is 3.86. The van der Waals surface area contributed by atoms with Crippen molar-refractivity contribution < 1.29 is 31.3 Å². The van der Waals surface area contributed by atoms with Crippen LogP contribution in [0.3, 0.4) is 0 Å². The largest absolute Gasteiger partial charge is 0.415 e. The van der Waals surface area contributed by atoms with Crippen LogP contribution in [0.5, 0.6) is 0 Å². The molecule has 0 unspecified atom stereocenters. The maximum absolute atomic E-state index is 13.5. The third kappa shape index (κ3) is 4.41. The number of carbonyl (C=O) groups is 1. The second-order valence-corrected chi connectivity index (χ2v) is 8.39. The first-order valence-corrected chi connectivity index (χ1v) is 8.45. The van der Waals surface area contributed by atoms with Gasteiger partial charge in [0.2, 0.25) is 0 Å². The van der Waals surface area contributed by atoms with E-state index >= 15 is 0 Å². The van der Waals surface area contributed by atoms with Gasteiger partial charge >= 0.3 is 6.18 Å². The first kappa shape index (κ1) is 17.9. The van der Waals surface area contributed by atoms with Gasteiger partial charge in [-0.05, 0) is 25.5 Å². The molecule has 0 fully saturated rings. The highest BCUT2D eigenvalue weighted by atomic mass is 35.5. The van der Waals surface area contributed by atoms with Gasteiger partial charge in [-0.15, -0.1) is 0 Å². The van der Waals surface area contributed by atoms with Crippen LogP contribution in [0, 0.1) is 11.6 Å². The Hall–Kier alpha value is -1.14. The Labute approximate surface area is 121 Å². The molecule has 3 nitrogen and oxygen atoms in total. The quantitative estimate of drug-likeness (QED) is 0.512. The third-order valence-corrected chi connectivity index (χ3v) is 4.41. The molecule has 0 spiro atoms. The average Bonchev–Trinajstić information content (AvgIpc) is 2.27. The zero-order chi connectivity index (χ0) is 16.6. The molecule has 118 valence electrons. The van der Waals surface area contributed by atoms with E-state index in [1.54, 1.807) is 0 Å². The number of rotatable bonds is 3. The molecule has 1 atom stereocenters. The van der Waals surface area contributed by atoms with Crippen LogP contribution in [0.2, 0.25) is 5.02 Å². The van der Waals surface area contributed by atoms with Gasteiger partial charge in [-0.2, -0.15) is 13.2 Å². The minimum absolute atomic E-state index is 0.372. The maximum Gasteiger partial charge on any atom is 0.415 e. The van der Waals surface area contributed by atoms with Crippen molar-refractivity contribution >= 4 is 24.7 Å². The number of nitrogens with one attached hydrogen (secondary N) is 1. The molecule has 0 heterocycles. The molecule has 0 radical (unpaired) electrons. The molecule has 0 aliphatic carbocycles. The van der Waals surface area contributed by atoms with E-state index < -0.39 is 47.2 Å². The Morgan fingerprint density at radius 3 is 2.19 bits per heavy atom. The van der Waals surface area contributed by atoms with E-state index in [4.69, 9.17) is 11.6 Å². The van der Waals surface area contributed by atoms with Gasteiger partial charge in [-0.1, -0.05) is 11.6 Å². The van der Waals surface area contributed by atoms with Crippen molar-refractivity contribution in [1.29, 1.82) is 0 Å². The highest BCUT2D eigenvalue weighted by Gasteiger charge is 2.48. The van der Waals surface area contributed by atoms with Gasteiger partial charge in [0, 0.05) is 0 Å². The lowest BCUT2D eigenvalue weighted by Gasteiger charge is -2.25. The van der Waals surface area contributed by atoms with E-state index in [9.17, 15) is 31.3 Å². The fraction of sp³-hybridized carbons (Fsp3) is 0.364. The summed E-state index contributed by atoms with van der Waals surface area (Å²) < 4.78 is 76.5. The Bertz CT molecular complexity index is 613. The summed E-state index contributed by atoms with van der Waals surface area (Å²) in [6.07, 6.45) is -4.99. The van der Waals surface area contributed by atoms with Crippen LogP contribution < -0.4 is 5.32 Å². The first-order valence-electron chi connectivity index (χ1n) is 5.41. The van der Waals surface area contributed by atoms with Crippen molar-refractivity contribution in [2.45, 2.75) is 12.0 Å². The highest BCUT2D eigenvalue weighted by molar-refractivity contribution is 7.63. The zero-order valence-electron chi connectivity index (χ0n) is 10.8. The summed E-state index contributed by atoms with van der Waals surface area (Å²) in [7, 11) is -3.81. The molecule has 0 bridgehead atoms. The Morgan fingerprint density at radius 1 is 1.24 bits per heavy atom. The van der Waals surface area contributed by atoms with Crippen LogP contribution in [0.15, 0.2) is 12.1 Å². The maximum atomic E-state index is 13.5. The third-order valence-electron chi connectivity index (χ3n) is 2.45. The smallest absolute Gasteiger partial charge is 0.334 e. The molecular formula is C11H10ClF5NO2P. The lowest BCUT2D eigenvalue weighted by atomic mass is 10.2. The van der Waals surface area contributed by atoms with Crippen LogP contribution in [-0.4, -0.2) is 31.2 Å². The zero-order valence-corrected chi connectivity index (χ0v) is 12.4. The minimum atomic E-state index is -4.99. The molecule has 1 N–H and O–H groups in total. The fourth-order valence-electron chi connectivity index (χ4n) is 1.49. The van der Waals surface area contributed by atoms with Crippen LogP contribution in [0.25, 0.3) is 0 Å². The predicted molar refractivity (Wildman–Crippen MR) is 68.1 cm³/mol. The highest BCUT2D eigenvalue weighted by Crippen LogP contribution is 2.48. The van der Waals surface area contributed by atoms with Gasteiger partial charge < -0.3 is 9.88 Å². The van der Waals surface area contributed by atoms with Gasteiger partial charge in [0.25, 0.3) is 5.91 Å². The van der Waals surface area contributed by atoms with E-state index in [-0.39, 0.29) is 0 Å². The summed E-state index contributed by atoms with van der Waals surface area (Å²) in [6.45, 7) is 1.65. The van der Waals surface area contributed by atoms with Gasteiger partial charge in [0.05, 0.1) is 10.6 Å². The van der Waals surface area contributed by atoms with Crippen LogP contribution in [0.4, 0.5) is 22.0 Å². The second kappa shape index (κ2) is 5.93. The molecule has 10 heteroatoms. The van der Waals surface area contributed by atoms with Crippen LogP contribution in [0.1, 0.15) is 10.4 Å². The molecule has 21 heavy (non-hydrogen) atoms. The van der Waals surface area contributed by atoms with Gasteiger partial charge in [0.15, 0.2) is 5.78 Å². The lowest BCUT2D eigenvalue weighted by Crippen LogP contribution is -2.45. The molecule has 1 aromatic rings. The Morgan fingerprint density at radius 2 is 1.76 bits per heavy atom. The summed E-state index contributed by atoms with van der Waals surface area (Å²) in [5.74, 6) is -6.64. The average molecular weight is 350 g/mol. The minimum Gasteiger partial charge on any atom is -0.334 e. The molecular weight excluding hydrogens is 340 g/mol. The number of hydrogen-bond acceptors (Lipinski definition) is 2. The van der Waals surface area contributed by atoms with Crippen molar-refractivity contribution in [1.82, 2.24) is 5.32 Å². The van der Waals surface area contributed by atoms with Crippen molar-refractivity contribution in [3.05, 3.63) is 34.4 Å². The lowest BCUT2D eigenvalue weighted by molar-refractivity contribution is -0.134. The summed E-state index contributed by atoms with van der Waals surface area (Å²) in [5.41, 5.74) is -0.959. The van der Waals surface area contributed by atoms with E-state index in [2.05, 4.69) is 0 Å². The van der Waals surface area contributed by atoms with E-state index in [0.717, 1.165) is 13.3 Å². The van der Waals surface area contributed by atoms with E-state index in [0.29, 0.717) is 12.1 Å². The molecule has 0 saturated carbocycles. The van der Waals surface area contributed by atoms with Crippen molar-refractivity contribution in [3.8, 4) is 0 Å². The SMILES string of the molecule is CP(C)(=O)[C@@H](NC(=O)c1cc(F)c(Cl)cc1F)C(F)(F)F. The normalized spacial score (nSPS) is 13.9. The molecule has 1 amide bonds. The van der Waals surface area contributed by atoms with Gasteiger partial charge in [0.1, 0.15) is 18.8 Å². The number of benzene rings is 1. The van der Waals surface area contributed by atoms with Gasteiger partial charge in [-0.25, -0.2) is 8.78 Å². The number of alkyl halides is 3. The first-order chi connectivity index (χ1) is 9.34. The van der Waals surface area contributed by atoms with Crippen molar-refractivity contribution in [2.24, 2.45) is 0 Å². The summed E-state index contributed by atoms with van der Waals surface area (Å²) in [6, 6.07) is 0.836. The van der Waals surface area contributed by atoms with Gasteiger partial charge in [-0.3, -0.25) is 4.79 Å². The Balaban J connectivity index is 3.15. The van der Waals surface area contributed by atoms with Crippen LogP contribution in [-0.2, 0) is 4.57 Å². The number of hydrogen-bond donors (Lipinski definition) is 1. The van der Waals surface area contributed by atoms with E-state index in [1.807, 2.05) is 0 Å². The summed E-state index contributed by atoms with van der Waals surface area (Å²) in [5, 5.41) is 0.806. The van der Waals surface area contributed by atoms with E-state index in [1.165, 1.54) is 5.32 Å². The van der Waals surface area contributed by atoms with Crippen molar-refractivity contribution in [3.63, 3.8) is 0 Å². The monoisotopic (exact) mass is 349 g/mol. The summed E-state index contributed by atoms with van der Waals surface area (Å²) in [4.78, 5) is 11.7. The summed E-state index contributed by atoms with van der Waals surface area (Å²) >= 11 is 5.27. The second-order valence-electron chi connectivity index (χ2n) is 4.60. The number of halogens is 6. The number of carbonyl (C=O) groups excluding carboxylic acids is 1.